The summed E-state index contributed by atoms with van der Waals surface area (Å²) in [5.41, 5.74) is 1.51. The van der Waals surface area contributed by atoms with Crippen molar-refractivity contribution in [2.24, 2.45) is 0 Å². The summed E-state index contributed by atoms with van der Waals surface area (Å²) in [7, 11) is -3.40. The standard InChI is InChI=1S/C14H17NO5S/c1-3-19-14(16)11-7-8-20-13-10(9-11)5-4-6-12(13)15-21(2,17)18/h4-6,9,15H,3,7-8H2,1-2H3. The van der Waals surface area contributed by atoms with Crippen LogP contribution < -0.4 is 9.46 Å². The lowest BCUT2D eigenvalue weighted by Gasteiger charge is -2.12. The number of fused-ring (bicyclic) bond motifs is 1. The molecule has 1 aliphatic rings. The molecule has 21 heavy (non-hydrogen) atoms. The fourth-order valence-corrected chi connectivity index (χ4v) is 2.58. The van der Waals surface area contributed by atoms with Gasteiger partial charge in [0.1, 0.15) is 0 Å². The Morgan fingerprint density at radius 2 is 2.19 bits per heavy atom. The number of sulfonamides is 1. The number of nitrogens with one attached hydrogen (secondary N) is 1. The van der Waals surface area contributed by atoms with E-state index in [4.69, 9.17) is 9.47 Å². The molecule has 1 aromatic rings. The van der Waals surface area contributed by atoms with E-state index in [0.29, 0.717) is 35.6 Å². The van der Waals surface area contributed by atoms with E-state index >= 15 is 0 Å². The molecule has 0 bridgehead atoms. The molecular formula is C14H17NO5S. The van der Waals surface area contributed by atoms with E-state index in [9.17, 15) is 13.2 Å². The lowest BCUT2D eigenvalue weighted by molar-refractivity contribution is -0.138. The molecule has 0 saturated carbocycles. The zero-order valence-electron chi connectivity index (χ0n) is 11.9. The Morgan fingerprint density at radius 3 is 2.86 bits per heavy atom. The van der Waals surface area contributed by atoms with E-state index in [1.165, 1.54) is 0 Å². The third kappa shape index (κ3) is 3.98. The van der Waals surface area contributed by atoms with Crippen LogP contribution in [0.2, 0.25) is 0 Å². The maximum absolute atomic E-state index is 11.8. The van der Waals surface area contributed by atoms with Crippen LogP contribution in [-0.4, -0.2) is 33.9 Å². The van der Waals surface area contributed by atoms with Gasteiger partial charge in [-0.05, 0) is 19.1 Å². The van der Waals surface area contributed by atoms with Gasteiger partial charge >= 0.3 is 5.97 Å². The van der Waals surface area contributed by atoms with Crippen molar-refractivity contribution in [1.82, 2.24) is 0 Å². The summed E-state index contributed by atoms with van der Waals surface area (Å²) in [6.07, 6.45) is 3.16. The number of benzene rings is 1. The molecule has 0 aromatic heterocycles. The van der Waals surface area contributed by atoms with Gasteiger partial charge in [-0.15, -0.1) is 0 Å². The lowest BCUT2D eigenvalue weighted by Crippen LogP contribution is -2.11. The van der Waals surface area contributed by atoms with E-state index in [2.05, 4.69) is 4.72 Å². The van der Waals surface area contributed by atoms with Crippen LogP contribution in [0.1, 0.15) is 18.9 Å². The SMILES string of the molecule is CCOC(=O)C1=Cc2cccc(NS(C)(=O)=O)c2OCC1. The number of rotatable bonds is 4. The lowest BCUT2D eigenvalue weighted by atomic mass is 10.1. The number of esters is 1. The van der Waals surface area contributed by atoms with Gasteiger partial charge in [0.25, 0.3) is 0 Å². The van der Waals surface area contributed by atoms with Crippen LogP contribution in [0.3, 0.4) is 0 Å². The molecule has 1 aliphatic heterocycles. The summed E-state index contributed by atoms with van der Waals surface area (Å²) in [5, 5.41) is 0. The third-order valence-electron chi connectivity index (χ3n) is 2.83. The Bertz CT molecular complexity index is 679. The number of ether oxygens (including phenoxy) is 2. The highest BCUT2D eigenvalue weighted by Gasteiger charge is 2.19. The summed E-state index contributed by atoms with van der Waals surface area (Å²) in [6.45, 7) is 2.33. The molecule has 7 heteroatoms. The van der Waals surface area contributed by atoms with Crippen LogP contribution in [0.15, 0.2) is 23.8 Å². The topological polar surface area (TPSA) is 81.7 Å². The minimum absolute atomic E-state index is 0.278. The molecule has 1 N–H and O–H groups in total. The Labute approximate surface area is 123 Å². The Hall–Kier alpha value is -2.02. The van der Waals surface area contributed by atoms with Gasteiger partial charge in [0, 0.05) is 17.6 Å². The normalized spacial score (nSPS) is 14.3. The van der Waals surface area contributed by atoms with Gasteiger partial charge in [-0.1, -0.05) is 12.1 Å². The minimum atomic E-state index is -3.40. The average molecular weight is 311 g/mol. The highest BCUT2D eigenvalue weighted by molar-refractivity contribution is 7.92. The van der Waals surface area contributed by atoms with Crippen molar-refractivity contribution >= 4 is 27.8 Å². The molecule has 1 aromatic carbocycles. The van der Waals surface area contributed by atoms with E-state index in [1.807, 2.05) is 0 Å². The molecule has 0 saturated heterocycles. The first-order valence-electron chi connectivity index (χ1n) is 6.52. The van der Waals surface area contributed by atoms with Gasteiger partial charge in [0.15, 0.2) is 5.75 Å². The van der Waals surface area contributed by atoms with Gasteiger partial charge in [0.2, 0.25) is 10.0 Å². The van der Waals surface area contributed by atoms with Crippen molar-refractivity contribution in [1.29, 1.82) is 0 Å². The summed E-state index contributed by atoms with van der Waals surface area (Å²) < 4.78 is 35.7. The largest absolute Gasteiger partial charge is 0.490 e. The molecule has 0 spiro atoms. The van der Waals surface area contributed by atoms with Gasteiger partial charge in [-0.3, -0.25) is 4.72 Å². The summed E-state index contributed by atoms with van der Waals surface area (Å²) >= 11 is 0. The second-order valence-corrected chi connectivity index (χ2v) is 6.34. The maximum Gasteiger partial charge on any atom is 0.334 e. The predicted octanol–water partition coefficient (Wildman–Crippen LogP) is 1.79. The molecule has 2 rings (SSSR count). The fraction of sp³-hybridized carbons (Fsp3) is 0.357. The number of para-hydroxylation sites is 1. The number of carbonyl (C=O) groups excluding carboxylic acids is 1. The second kappa shape index (κ2) is 6.17. The first-order valence-corrected chi connectivity index (χ1v) is 8.41. The predicted molar refractivity (Wildman–Crippen MR) is 79.6 cm³/mol. The number of anilines is 1. The highest BCUT2D eigenvalue weighted by Crippen LogP contribution is 2.34. The Kier molecular flexibility index (Phi) is 4.52. The van der Waals surface area contributed by atoms with Gasteiger partial charge < -0.3 is 9.47 Å². The Balaban J connectivity index is 2.40. The molecule has 0 unspecified atom stereocenters. The van der Waals surface area contributed by atoms with Crippen molar-refractivity contribution in [3.63, 3.8) is 0 Å². The smallest absolute Gasteiger partial charge is 0.334 e. The molecule has 114 valence electrons. The van der Waals surface area contributed by atoms with Crippen LogP contribution in [-0.2, 0) is 19.6 Å². The zero-order valence-corrected chi connectivity index (χ0v) is 12.7. The summed E-state index contributed by atoms with van der Waals surface area (Å²) in [5.74, 6) is 0.0395. The van der Waals surface area contributed by atoms with Gasteiger partial charge in [-0.25, -0.2) is 13.2 Å². The quantitative estimate of drug-likeness (QED) is 0.857. The molecule has 0 amide bonds. The summed E-state index contributed by atoms with van der Waals surface area (Å²) in [4.78, 5) is 11.8. The van der Waals surface area contributed by atoms with E-state index in [1.54, 1.807) is 31.2 Å². The van der Waals surface area contributed by atoms with E-state index in [-0.39, 0.29) is 12.6 Å². The van der Waals surface area contributed by atoms with Crippen molar-refractivity contribution in [3.05, 3.63) is 29.3 Å². The second-order valence-electron chi connectivity index (χ2n) is 4.59. The average Bonchev–Trinajstić information content (AvgIpc) is 2.60. The molecular weight excluding hydrogens is 294 g/mol. The van der Waals surface area contributed by atoms with Crippen LogP contribution in [0.5, 0.6) is 5.75 Å². The van der Waals surface area contributed by atoms with Gasteiger partial charge in [-0.2, -0.15) is 0 Å². The zero-order chi connectivity index (χ0) is 15.5. The fourth-order valence-electron chi connectivity index (χ4n) is 2.02. The highest BCUT2D eigenvalue weighted by atomic mass is 32.2. The summed E-state index contributed by atoms with van der Waals surface area (Å²) in [6, 6.07) is 5.07. The van der Waals surface area contributed by atoms with Crippen molar-refractivity contribution in [3.8, 4) is 5.75 Å². The van der Waals surface area contributed by atoms with Crippen molar-refractivity contribution in [2.75, 3.05) is 24.2 Å². The van der Waals surface area contributed by atoms with Crippen LogP contribution in [0.4, 0.5) is 5.69 Å². The van der Waals surface area contributed by atoms with Crippen LogP contribution in [0, 0.1) is 0 Å². The number of hydrogen-bond acceptors (Lipinski definition) is 5. The third-order valence-corrected chi connectivity index (χ3v) is 3.42. The van der Waals surface area contributed by atoms with Gasteiger partial charge in [0.05, 0.1) is 25.2 Å². The molecule has 0 atom stereocenters. The first kappa shape index (κ1) is 15.4. The molecule has 0 radical (unpaired) electrons. The number of hydrogen-bond donors (Lipinski definition) is 1. The maximum atomic E-state index is 11.8. The molecule has 6 nitrogen and oxygen atoms in total. The Morgan fingerprint density at radius 1 is 1.43 bits per heavy atom. The molecule has 0 aliphatic carbocycles. The van der Waals surface area contributed by atoms with Crippen molar-refractivity contribution < 1.29 is 22.7 Å². The first-order chi connectivity index (χ1) is 9.90. The molecule has 0 fully saturated rings. The van der Waals surface area contributed by atoms with Crippen LogP contribution in [0.25, 0.3) is 6.08 Å². The van der Waals surface area contributed by atoms with Crippen LogP contribution >= 0.6 is 0 Å². The van der Waals surface area contributed by atoms with E-state index < -0.39 is 10.0 Å². The molecule has 1 heterocycles. The van der Waals surface area contributed by atoms with E-state index in [0.717, 1.165) is 6.26 Å². The number of carbonyl (C=O) groups is 1. The van der Waals surface area contributed by atoms with Crippen molar-refractivity contribution in [2.45, 2.75) is 13.3 Å². The monoisotopic (exact) mass is 311 g/mol. The minimum Gasteiger partial charge on any atom is -0.490 e.